The average Bonchev–Trinajstić information content (AvgIpc) is 2.64. The molecule has 1 saturated carbocycles. The molecule has 0 saturated heterocycles. The van der Waals surface area contributed by atoms with E-state index in [1.165, 1.54) is 12.8 Å². The van der Waals surface area contributed by atoms with Crippen LogP contribution in [0.25, 0.3) is 0 Å². The number of nitrogens with one attached hydrogen (secondary N) is 1. The Labute approximate surface area is 54.6 Å². The molecule has 9 heavy (non-hydrogen) atoms. The lowest BCUT2D eigenvalue weighted by Gasteiger charge is -2.10. The third-order valence-corrected chi connectivity index (χ3v) is 1.73. The molecule has 1 atom stereocenters. The van der Waals surface area contributed by atoms with E-state index in [0.29, 0.717) is 12.5 Å². The summed E-state index contributed by atoms with van der Waals surface area (Å²) >= 11 is 0. The van der Waals surface area contributed by atoms with Crippen LogP contribution in [0.1, 0.15) is 12.8 Å². The monoisotopic (exact) mass is 128 g/mol. The van der Waals surface area contributed by atoms with Crippen molar-refractivity contribution in [3.05, 3.63) is 0 Å². The van der Waals surface area contributed by atoms with Crippen molar-refractivity contribution in [3.8, 4) is 0 Å². The Morgan fingerprint density at radius 3 is 2.78 bits per heavy atom. The van der Waals surface area contributed by atoms with Gasteiger partial charge in [-0.15, -0.1) is 0 Å². The molecule has 0 heterocycles. The van der Waals surface area contributed by atoms with Crippen molar-refractivity contribution in [1.82, 2.24) is 5.32 Å². The van der Waals surface area contributed by atoms with E-state index in [1.54, 1.807) is 0 Å². The fourth-order valence-electron chi connectivity index (χ4n) is 0.983. The predicted octanol–water partition coefficient (Wildman–Crippen LogP) is -0.530. The highest BCUT2D eigenvalue weighted by Gasteiger charge is 2.29. The van der Waals surface area contributed by atoms with Gasteiger partial charge in [0.05, 0.1) is 0 Å². The summed E-state index contributed by atoms with van der Waals surface area (Å²) in [5.74, 6) is 0.667. The molecule has 1 unspecified atom stereocenters. The quantitative estimate of drug-likeness (QED) is 0.500. The number of amides is 1. The molecule has 1 fully saturated rings. The Balaban J connectivity index is 2.20. The van der Waals surface area contributed by atoms with E-state index in [0.717, 1.165) is 6.41 Å². The van der Waals surface area contributed by atoms with Gasteiger partial charge in [-0.05, 0) is 18.8 Å². The summed E-state index contributed by atoms with van der Waals surface area (Å²) in [6, 6.07) is 0.238. The lowest BCUT2D eigenvalue weighted by molar-refractivity contribution is -0.110. The molecule has 3 nitrogen and oxygen atoms in total. The van der Waals surface area contributed by atoms with Crippen LogP contribution in [-0.2, 0) is 4.79 Å². The molecule has 0 aliphatic heterocycles. The zero-order chi connectivity index (χ0) is 6.69. The summed E-state index contributed by atoms with van der Waals surface area (Å²) < 4.78 is 0. The molecular formula is C6H12N2O. The minimum Gasteiger partial charge on any atom is -0.354 e. The van der Waals surface area contributed by atoms with Crippen molar-refractivity contribution >= 4 is 6.41 Å². The van der Waals surface area contributed by atoms with E-state index in [2.05, 4.69) is 5.32 Å². The van der Waals surface area contributed by atoms with Gasteiger partial charge < -0.3 is 11.1 Å². The first-order valence-electron chi connectivity index (χ1n) is 3.28. The highest BCUT2D eigenvalue weighted by Crippen LogP contribution is 2.31. The lowest BCUT2D eigenvalue weighted by atomic mass is 10.2. The van der Waals surface area contributed by atoms with Crippen LogP contribution in [0.5, 0.6) is 0 Å². The Morgan fingerprint density at radius 1 is 1.78 bits per heavy atom. The molecule has 52 valence electrons. The van der Waals surface area contributed by atoms with Gasteiger partial charge in [0.25, 0.3) is 0 Å². The average molecular weight is 128 g/mol. The van der Waals surface area contributed by atoms with Gasteiger partial charge in [-0.2, -0.15) is 0 Å². The molecule has 0 aromatic heterocycles. The van der Waals surface area contributed by atoms with Gasteiger partial charge in [0, 0.05) is 12.6 Å². The number of hydrogen-bond donors (Lipinski definition) is 2. The molecule has 1 aliphatic carbocycles. The highest BCUT2D eigenvalue weighted by molar-refractivity contribution is 5.46. The van der Waals surface area contributed by atoms with Gasteiger partial charge in [0.2, 0.25) is 6.41 Å². The SMILES string of the molecule is NCC(NC=O)C1CC1. The second-order valence-electron chi connectivity index (χ2n) is 2.46. The van der Waals surface area contributed by atoms with E-state index in [-0.39, 0.29) is 6.04 Å². The standard InChI is InChI=1S/C6H12N2O/c7-3-6(8-4-9)5-1-2-5/h4-6H,1-3,7H2,(H,8,9). The minimum absolute atomic E-state index is 0.238. The Hall–Kier alpha value is -0.570. The molecule has 1 rings (SSSR count). The summed E-state index contributed by atoms with van der Waals surface area (Å²) in [6.07, 6.45) is 3.18. The molecule has 0 radical (unpaired) electrons. The first kappa shape index (κ1) is 6.55. The topological polar surface area (TPSA) is 55.1 Å². The molecule has 0 aromatic rings. The van der Waals surface area contributed by atoms with E-state index < -0.39 is 0 Å². The zero-order valence-electron chi connectivity index (χ0n) is 5.34. The maximum Gasteiger partial charge on any atom is 0.207 e. The summed E-state index contributed by atoms with van der Waals surface area (Å²) in [7, 11) is 0. The van der Waals surface area contributed by atoms with Crippen LogP contribution >= 0.6 is 0 Å². The van der Waals surface area contributed by atoms with Crippen LogP contribution in [0.15, 0.2) is 0 Å². The van der Waals surface area contributed by atoms with Crippen molar-refractivity contribution in [3.63, 3.8) is 0 Å². The summed E-state index contributed by atoms with van der Waals surface area (Å²) in [4.78, 5) is 9.94. The van der Waals surface area contributed by atoms with Crippen LogP contribution in [0.2, 0.25) is 0 Å². The molecule has 3 heteroatoms. The Morgan fingerprint density at radius 2 is 2.44 bits per heavy atom. The largest absolute Gasteiger partial charge is 0.354 e. The van der Waals surface area contributed by atoms with Crippen LogP contribution in [0.4, 0.5) is 0 Å². The third-order valence-electron chi connectivity index (χ3n) is 1.73. The van der Waals surface area contributed by atoms with Crippen molar-refractivity contribution in [2.45, 2.75) is 18.9 Å². The fourth-order valence-corrected chi connectivity index (χ4v) is 0.983. The smallest absolute Gasteiger partial charge is 0.207 e. The molecule has 0 spiro atoms. The van der Waals surface area contributed by atoms with Crippen LogP contribution in [0.3, 0.4) is 0 Å². The number of hydrogen-bond acceptors (Lipinski definition) is 2. The first-order valence-corrected chi connectivity index (χ1v) is 3.28. The molecule has 1 amide bonds. The van der Waals surface area contributed by atoms with Gasteiger partial charge in [0.15, 0.2) is 0 Å². The summed E-state index contributed by atoms with van der Waals surface area (Å²) in [5, 5.41) is 2.69. The zero-order valence-corrected chi connectivity index (χ0v) is 5.34. The first-order chi connectivity index (χ1) is 4.38. The summed E-state index contributed by atoms with van der Waals surface area (Å²) in [5.41, 5.74) is 5.38. The highest BCUT2D eigenvalue weighted by atomic mass is 16.1. The number of carbonyl (C=O) groups excluding carboxylic acids is 1. The van der Waals surface area contributed by atoms with E-state index >= 15 is 0 Å². The summed E-state index contributed by atoms with van der Waals surface area (Å²) in [6.45, 7) is 0.573. The number of rotatable bonds is 4. The van der Waals surface area contributed by atoms with Gasteiger partial charge in [-0.1, -0.05) is 0 Å². The van der Waals surface area contributed by atoms with Crippen LogP contribution < -0.4 is 11.1 Å². The maximum atomic E-state index is 9.94. The van der Waals surface area contributed by atoms with E-state index in [4.69, 9.17) is 5.73 Å². The Bertz CT molecular complexity index is 101. The molecule has 3 N–H and O–H groups in total. The van der Waals surface area contributed by atoms with E-state index in [1.807, 2.05) is 0 Å². The number of nitrogens with two attached hydrogens (primary N) is 1. The molecular weight excluding hydrogens is 116 g/mol. The third kappa shape index (κ3) is 1.68. The van der Waals surface area contributed by atoms with Gasteiger partial charge in [0.1, 0.15) is 0 Å². The normalized spacial score (nSPS) is 21.0. The minimum atomic E-state index is 0.238. The van der Waals surface area contributed by atoms with Crippen molar-refractivity contribution in [1.29, 1.82) is 0 Å². The number of carbonyl (C=O) groups is 1. The molecule has 0 bridgehead atoms. The lowest BCUT2D eigenvalue weighted by Crippen LogP contribution is -2.36. The van der Waals surface area contributed by atoms with Crippen LogP contribution in [0, 0.1) is 5.92 Å². The van der Waals surface area contributed by atoms with Gasteiger partial charge in [-0.25, -0.2) is 0 Å². The van der Waals surface area contributed by atoms with Crippen LogP contribution in [-0.4, -0.2) is 19.0 Å². The van der Waals surface area contributed by atoms with Gasteiger partial charge in [-0.3, -0.25) is 4.79 Å². The fraction of sp³-hybridized carbons (Fsp3) is 0.833. The second-order valence-corrected chi connectivity index (χ2v) is 2.46. The molecule has 0 aromatic carbocycles. The Kier molecular flexibility index (Phi) is 2.05. The van der Waals surface area contributed by atoms with Crippen molar-refractivity contribution in [2.75, 3.05) is 6.54 Å². The molecule has 1 aliphatic rings. The predicted molar refractivity (Wildman–Crippen MR) is 34.8 cm³/mol. The van der Waals surface area contributed by atoms with Crippen molar-refractivity contribution < 1.29 is 4.79 Å². The maximum absolute atomic E-state index is 9.94. The van der Waals surface area contributed by atoms with Crippen molar-refractivity contribution in [2.24, 2.45) is 11.7 Å². The van der Waals surface area contributed by atoms with Gasteiger partial charge >= 0.3 is 0 Å². The van der Waals surface area contributed by atoms with E-state index in [9.17, 15) is 4.79 Å². The second kappa shape index (κ2) is 2.82.